The van der Waals surface area contributed by atoms with E-state index in [2.05, 4.69) is 30.4 Å². The van der Waals surface area contributed by atoms with Gasteiger partial charge in [-0.15, -0.1) is 12.4 Å². The van der Waals surface area contributed by atoms with Gasteiger partial charge in [0.1, 0.15) is 0 Å². The number of nitrogens with two attached hydrogens (primary N) is 1. The van der Waals surface area contributed by atoms with Gasteiger partial charge in [-0.3, -0.25) is 4.79 Å². The number of amides is 1. The molecule has 0 aliphatic rings. The molecule has 4 heteroatoms. The van der Waals surface area contributed by atoms with Crippen molar-refractivity contribution in [1.82, 2.24) is 5.32 Å². The quantitative estimate of drug-likeness (QED) is 0.816. The Labute approximate surface area is 109 Å². The fourth-order valence-corrected chi connectivity index (χ4v) is 1.56. The number of rotatable bonds is 6. The Kier molecular flexibility index (Phi) is 8.46. The average Bonchev–Trinajstić information content (AvgIpc) is 2.26. The van der Waals surface area contributed by atoms with Gasteiger partial charge < -0.3 is 11.1 Å². The first-order valence-electron chi connectivity index (χ1n) is 5.74. The van der Waals surface area contributed by atoms with Gasteiger partial charge in [0.05, 0.1) is 0 Å². The molecule has 0 heterocycles. The second kappa shape index (κ2) is 9.02. The molecule has 0 saturated carbocycles. The highest BCUT2D eigenvalue weighted by molar-refractivity contribution is 5.85. The van der Waals surface area contributed by atoms with Gasteiger partial charge in [-0.2, -0.15) is 0 Å². The van der Waals surface area contributed by atoms with Crippen LogP contribution in [0.3, 0.4) is 0 Å². The molecule has 1 amide bonds. The highest BCUT2D eigenvalue weighted by Gasteiger charge is 1.99. The third kappa shape index (κ3) is 6.97. The van der Waals surface area contributed by atoms with Crippen molar-refractivity contribution in [2.24, 2.45) is 5.73 Å². The standard InChI is InChI=1S/C13H20N2O.ClH/c1-11-4-2-5-12(10-11)7-9-15-13(16)6-3-8-14;/h2,4-5,10H,3,6-9,14H2,1H3,(H,15,16);1H. The Bertz CT molecular complexity index is 342. The molecule has 1 rings (SSSR count). The average molecular weight is 257 g/mol. The fraction of sp³-hybridized carbons (Fsp3) is 0.462. The minimum Gasteiger partial charge on any atom is -0.356 e. The zero-order valence-electron chi connectivity index (χ0n) is 10.2. The maximum atomic E-state index is 11.3. The van der Waals surface area contributed by atoms with Gasteiger partial charge in [-0.25, -0.2) is 0 Å². The van der Waals surface area contributed by atoms with Gasteiger partial charge in [0.2, 0.25) is 5.91 Å². The molecule has 0 spiro atoms. The van der Waals surface area contributed by atoms with E-state index in [4.69, 9.17) is 5.73 Å². The molecule has 0 aliphatic carbocycles. The number of carbonyl (C=O) groups is 1. The molecule has 0 unspecified atom stereocenters. The van der Waals surface area contributed by atoms with Crippen LogP contribution in [0, 0.1) is 6.92 Å². The zero-order valence-corrected chi connectivity index (χ0v) is 11.1. The summed E-state index contributed by atoms with van der Waals surface area (Å²) >= 11 is 0. The molecule has 3 nitrogen and oxygen atoms in total. The Balaban J connectivity index is 0.00000256. The monoisotopic (exact) mass is 256 g/mol. The second-order valence-electron chi connectivity index (χ2n) is 3.98. The molecular formula is C13H21ClN2O. The first-order chi connectivity index (χ1) is 7.72. The third-order valence-corrected chi connectivity index (χ3v) is 2.43. The van der Waals surface area contributed by atoms with Gasteiger partial charge in [0.25, 0.3) is 0 Å². The van der Waals surface area contributed by atoms with Crippen LogP contribution in [0.5, 0.6) is 0 Å². The lowest BCUT2D eigenvalue weighted by Gasteiger charge is -2.05. The lowest BCUT2D eigenvalue weighted by Crippen LogP contribution is -2.25. The topological polar surface area (TPSA) is 55.1 Å². The minimum atomic E-state index is 0. The van der Waals surface area contributed by atoms with Crippen molar-refractivity contribution < 1.29 is 4.79 Å². The summed E-state index contributed by atoms with van der Waals surface area (Å²) in [7, 11) is 0. The van der Waals surface area contributed by atoms with Crippen molar-refractivity contribution in [1.29, 1.82) is 0 Å². The molecule has 0 fully saturated rings. The van der Waals surface area contributed by atoms with Crippen LogP contribution in [0.2, 0.25) is 0 Å². The maximum absolute atomic E-state index is 11.3. The summed E-state index contributed by atoms with van der Waals surface area (Å²) in [5, 5.41) is 2.89. The Hall–Kier alpha value is -1.06. The van der Waals surface area contributed by atoms with Crippen molar-refractivity contribution in [3.8, 4) is 0 Å². The smallest absolute Gasteiger partial charge is 0.220 e. The summed E-state index contributed by atoms with van der Waals surface area (Å²) in [4.78, 5) is 11.3. The van der Waals surface area contributed by atoms with Gasteiger partial charge in [-0.1, -0.05) is 29.8 Å². The molecule has 0 bridgehead atoms. The number of hydrogen-bond donors (Lipinski definition) is 2. The Morgan fingerprint density at radius 3 is 2.82 bits per heavy atom. The minimum absolute atomic E-state index is 0. The number of nitrogens with one attached hydrogen (secondary N) is 1. The summed E-state index contributed by atoms with van der Waals surface area (Å²) < 4.78 is 0. The Morgan fingerprint density at radius 2 is 2.18 bits per heavy atom. The van der Waals surface area contributed by atoms with Crippen LogP contribution in [0.15, 0.2) is 24.3 Å². The van der Waals surface area contributed by atoms with E-state index in [0.29, 0.717) is 19.5 Å². The number of halogens is 1. The van der Waals surface area contributed by atoms with Crippen LogP contribution in [-0.4, -0.2) is 19.0 Å². The SMILES string of the molecule is Cc1cccc(CCNC(=O)CCCN)c1.Cl. The molecule has 0 saturated heterocycles. The van der Waals surface area contributed by atoms with Crippen LogP contribution >= 0.6 is 12.4 Å². The van der Waals surface area contributed by atoms with Crippen molar-refractivity contribution in [2.75, 3.05) is 13.1 Å². The molecular weight excluding hydrogens is 236 g/mol. The van der Waals surface area contributed by atoms with Crippen molar-refractivity contribution >= 4 is 18.3 Å². The number of aryl methyl sites for hydroxylation is 1. The van der Waals surface area contributed by atoms with Crippen LogP contribution < -0.4 is 11.1 Å². The molecule has 1 aromatic rings. The van der Waals surface area contributed by atoms with Crippen LogP contribution in [0.25, 0.3) is 0 Å². The normalized spacial score (nSPS) is 9.53. The van der Waals surface area contributed by atoms with E-state index >= 15 is 0 Å². The molecule has 96 valence electrons. The number of carbonyl (C=O) groups excluding carboxylic acids is 1. The van der Waals surface area contributed by atoms with Crippen molar-refractivity contribution in [2.45, 2.75) is 26.2 Å². The highest BCUT2D eigenvalue weighted by Crippen LogP contribution is 2.03. The lowest BCUT2D eigenvalue weighted by molar-refractivity contribution is -0.121. The summed E-state index contributed by atoms with van der Waals surface area (Å²) in [6.07, 6.45) is 2.18. The van der Waals surface area contributed by atoms with Gasteiger partial charge in [0, 0.05) is 13.0 Å². The zero-order chi connectivity index (χ0) is 11.8. The van der Waals surface area contributed by atoms with Crippen LogP contribution in [0.4, 0.5) is 0 Å². The summed E-state index contributed by atoms with van der Waals surface area (Å²) in [5.41, 5.74) is 7.85. The van der Waals surface area contributed by atoms with Gasteiger partial charge in [-0.05, 0) is 31.9 Å². The summed E-state index contributed by atoms with van der Waals surface area (Å²) in [6.45, 7) is 3.35. The van der Waals surface area contributed by atoms with Crippen molar-refractivity contribution in [3.63, 3.8) is 0 Å². The fourth-order valence-electron chi connectivity index (χ4n) is 1.56. The second-order valence-corrected chi connectivity index (χ2v) is 3.98. The predicted octanol–water partition coefficient (Wildman–Crippen LogP) is 1.81. The van der Waals surface area contributed by atoms with E-state index in [0.717, 1.165) is 12.8 Å². The molecule has 1 aromatic carbocycles. The molecule has 0 aromatic heterocycles. The van der Waals surface area contributed by atoms with E-state index < -0.39 is 0 Å². The third-order valence-electron chi connectivity index (χ3n) is 2.43. The molecule has 0 atom stereocenters. The van der Waals surface area contributed by atoms with Crippen molar-refractivity contribution in [3.05, 3.63) is 35.4 Å². The largest absolute Gasteiger partial charge is 0.356 e. The van der Waals surface area contributed by atoms with Crippen LogP contribution in [-0.2, 0) is 11.2 Å². The van der Waals surface area contributed by atoms with Gasteiger partial charge in [0.15, 0.2) is 0 Å². The summed E-state index contributed by atoms with van der Waals surface area (Å²) in [5.74, 6) is 0.0955. The molecule has 0 aliphatic heterocycles. The number of hydrogen-bond acceptors (Lipinski definition) is 2. The van der Waals surface area contributed by atoms with E-state index in [1.807, 2.05) is 6.07 Å². The predicted molar refractivity (Wildman–Crippen MR) is 73.4 cm³/mol. The van der Waals surface area contributed by atoms with Gasteiger partial charge >= 0.3 is 0 Å². The number of benzene rings is 1. The van der Waals surface area contributed by atoms with E-state index in [1.54, 1.807) is 0 Å². The highest BCUT2D eigenvalue weighted by atomic mass is 35.5. The molecule has 17 heavy (non-hydrogen) atoms. The Morgan fingerprint density at radius 1 is 1.41 bits per heavy atom. The van der Waals surface area contributed by atoms with E-state index in [-0.39, 0.29) is 18.3 Å². The van der Waals surface area contributed by atoms with E-state index in [1.165, 1.54) is 11.1 Å². The lowest BCUT2D eigenvalue weighted by atomic mass is 10.1. The first-order valence-corrected chi connectivity index (χ1v) is 5.74. The molecule has 3 N–H and O–H groups in total. The van der Waals surface area contributed by atoms with Crippen LogP contribution in [0.1, 0.15) is 24.0 Å². The maximum Gasteiger partial charge on any atom is 0.220 e. The van der Waals surface area contributed by atoms with E-state index in [9.17, 15) is 4.79 Å². The molecule has 0 radical (unpaired) electrons. The summed E-state index contributed by atoms with van der Waals surface area (Å²) in [6, 6.07) is 8.34. The first kappa shape index (κ1) is 15.9.